The third-order valence-corrected chi connectivity index (χ3v) is 6.60. The van der Waals surface area contributed by atoms with Gasteiger partial charge in [0, 0.05) is 19.7 Å². The van der Waals surface area contributed by atoms with Crippen molar-refractivity contribution in [3.8, 4) is 11.5 Å². The Balaban J connectivity index is 1.80. The van der Waals surface area contributed by atoms with Gasteiger partial charge in [-0.3, -0.25) is 4.79 Å². The first-order chi connectivity index (χ1) is 13.7. The quantitative estimate of drug-likeness (QED) is 0.780. The van der Waals surface area contributed by atoms with Crippen LogP contribution < -0.4 is 14.8 Å². The standard InChI is InChI=1S/C21H26N2O5S/c1-14(2)20(16-7-10-18-19(13-16)28-12-11-27-18)22-21(24)15-5-8-17(9-6-15)29(25,26)23(3)4/h5-10,13-14,20H,11-12H2,1-4H3,(H,22,24)/t20-/m1/s1. The molecule has 0 aromatic heterocycles. The summed E-state index contributed by atoms with van der Waals surface area (Å²) in [5.74, 6) is 1.24. The van der Waals surface area contributed by atoms with Crippen LogP contribution in [0, 0.1) is 5.92 Å². The summed E-state index contributed by atoms with van der Waals surface area (Å²) in [5, 5.41) is 3.04. The van der Waals surface area contributed by atoms with Crippen LogP contribution in [0.3, 0.4) is 0 Å². The Morgan fingerprint density at radius 3 is 2.21 bits per heavy atom. The van der Waals surface area contributed by atoms with Gasteiger partial charge in [-0.2, -0.15) is 0 Å². The molecule has 0 saturated heterocycles. The number of rotatable bonds is 6. The van der Waals surface area contributed by atoms with Crippen molar-refractivity contribution in [2.45, 2.75) is 24.8 Å². The summed E-state index contributed by atoms with van der Waals surface area (Å²) >= 11 is 0. The van der Waals surface area contributed by atoms with Gasteiger partial charge in [-0.05, 0) is 47.9 Å². The molecule has 1 amide bonds. The molecule has 1 aliphatic heterocycles. The molecule has 1 aliphatic rings. The average Bonchev–Trinajstić information content (AvgIpc) is 2.71. The number of carbonyl (C=O) groups is 1. The largest absolute Gasteiger partial charge is 0.486 e. The van der Waals surface area contributed by atoms with E-state index in [-0.39, 0.29) is 22.8 Å². The van der Waals surface area contributed by atoms with Crippen molar-refractivity contribution < 1.29 is 22.7 Å². The van der Waals surface area contributed by atoms with Crippen molar-refractivity contribution in [1.82, 2.24) is 9.62 Å². The molecule has 29 heavy (non-hydrogen) atoms. The zero-order valence-corrected chi connectivity index (χ0v) is 17.8. The van der Waals surface area contributed by atoms with Gasteiger partial charge in [0.05, 0.1) is 10.9 Å². The van der Waals surface area contributed by atoms with Crippen molar-refractivity contribution in [1.29, 1.82) is 0 Å². The van der Waals surface area contributed by atoms with Gasteiger partial charge in [0.25, 0.3) is 5.91 Å². The fourth-order valence-electron chi connectivity index (χ4n) is 3.10. The summed E-state index contributed by atoms with van der Waals surface area (Å²) in [6.45, 7) is 5.07. The number of amides is 1. The maximum Gasteiger partial charge on any atom is 0.251 e. The summed E-state index contributed by atoms with van der Waals surface area (Å²) in [6.07, 6.45) is 0. The average molecular weight is 419 g/mol. The van der Waals surface area contributed by atoms with Crippen LogP contribution in [0.5, 0.6) is 11.5 Å². The normalized spacial score (nSPS) is 14.7. The van der Waals surface area contributed by atoms with Crippen LogP contribution in [0.4, 0.5) is 0 Å². The minimum atomic E-state index is -3.53. The van der Waals surface area contributed by atoms with Crippen molar-refractivity contribution in [2.24, 2.45) is 5.92 Å². The number of hydrogen-bond acceptors (Lipinski definition) is 5. The van der Waals surface area contributed by atoms with Crippen molar-refractivity contribution in [3.05, 3.63) is 53.6 Å². The van der Waals surface area contributed by atoms with E-state index in [2.05, 4.69) is 5.32 Å². The van der Waals surface area contributed by atoms with E-state index in [9.17, 15) is 13.2 Å². The Morgan fingerprint density at radius 2 is 1.62 bits per heavy atom. The Bertz CT molecular complexity index is 985. The highest BCUT2D eigenvalue weighted by Gasteiger charge is 2.23. The van der Waals surface area contributed by atoms with Crippen LogP contribution in [0.25, 0.3) is 0 Å². The van der Waals surface area contributed by atoms with Gasteiger partial charge in [0.2, 0.25) is 10.0 Å². The lowest BCUT2D eigenvalue weighted by Crippen LogP contribution is -2.32. The monoisotopic (exact) mass is 418 g/mol. The number of ether oxygens (including phenoxy) is 2. The summed E-state index contributed by atoms with van der Waals surface area (Å²) in [6, 6.07) is 11.4. The zero-order valence-electron chi connectivity index (χ0n) is 17.0. The third-order valence-electron chi connectivity index (χ3n) is 4.77. The van der Waals surface area contributed by atoms with E-state index in [0.717, 1.165) is 9.87 Å². The summed E-state index contributed by atoms with van der Waals surface area (Å²) in [5.41, 5.74) is 1.32. The lowest BCUT2D eigenvalue weighted by molar-refractivity contribution is 0.0925. The SMILES string of the molecule is CC(C)[C@@H](NC(=O)c1ccc(S(=O)(=O)N(C)C)cc1)c1ccc2c(c1)OCCO2. The fraction of sp³-hybridized carbons (Fsp3) is 0.381. The Labute approximate surface area is 171 Å². The molecule has 156 valence electrons. The number of sulfonamides is 1. The van der Waals surface area contributed by atoms with E-state index in [4.69, 9.17) is 9.47 Å². The predicted octanol–water partition coefficient (Wildman–Crippen LogP) is 2.84. The second kappa shape index (κ2) is 8.42. The van der Waals surface area contributed by atoms with Gasteiger partial charge in [-0.25, -0.2) is 12.7 Å². The first-order valence-corrected chi connectivity index (χ1v) is 10.9. The Hall–Kier alpha value is -2.58. The van der Waals surface area contributed by atoms with Crippen LogP contribution in [0.1, 0.15) is 35.8 Å². The van der Waals surface area contributed by atoms with E-state index in [1.165, 1.54) is 38.4 Å². The van der Waals surface area contributed by atoms with E-state index in [1.54, 1.807) is 0 Å². The van der Waals surface area contributed by atoms with E-state index in [1.807, 2.05) is 32.0 Å². The molecule has 8 heteroatoms. The number of carbonyl (C=O) groups excluding carboxylic acids is 1. The summed E-state index contributed by atoms with van der Waals surface area (Å²) in [4.78, 5) is 12.9. The van der Waals surface area contributed by atoms with Crippen molar-refractivity contribution in [3.63, 3.8) is 0 Å². The van der Waals surface area contributed by atoms with Crippen LogP contribution >= 0.6 is 0 Å². The lowest BCUT2D eigenvalue weighted by atomic mass is 9.95. The fourth-order valence-corrected chi connectivity index (χ4v) is 4.00. The minimum absolute atomic E-state index is 0.134. The second-order valence-electron chi connectivity index (χ2n) is 7.41. The van der Waals surface area contributed by atoms with Gasteiger partial charge in [0.15, 0.2) is 11.5 Å². The lowest BCUT2D eigenvalue weighted by Gasteiger charge is -2.25. The first kappa shape index (κ1) is 21.1. The number of benzene rings is 2. The van der Waals surface area contributed by atoms with Crippen LogP contribution in [-0.4, -0.2) is 45.9 Å². The molecule has 7 nitrogen and oxygen atoms in total. The molecule has 2 aromatic carbocycles. The summed E-state index contributed by atoms with van der Waals surface area (Å²) < 4.78 is 36.7. The smallest absolute Gasteiger partial charge is 0.251 e. The minimum Gasteiger partial charge on any atom is -0.486 e. The van der Waals surface area contributed by atoms with Gasteiger partial charge in [-0.1, -0.05) is 19.9 Å². The highest BCUT2D eigenvalue weighted by Crippen LogP contribution is 2.34. The molecule has 0 spiro atoms. The van der Waals surface area contributed by atoms with Crippen molar-refractivity contribution >= 4 is 15.9 Å². The van der Waals surface area contributed by atoms with E-state index >= 15 is 0 Å². The molecule has 3 rings (SSSR count). The first-order valence-electron chi connectivity index (χ1n) is 9.43. The molecule has 1 atom stereocenters. The van der Waals surface area contributed by atoms with E-state index < -0.39 is 10.0 Å². The Morgan fingerprint density at radius 1 is 1.00 bits per heavy atom. The van der Waals surface area contributed by atoms with E-state index in [0.29, 0.717) is 30.3 Å². The topological polar surface area (TPSA) is 84.9 Å². The summed E-state index contributed by atoms with van der Waals surface area (Å²) in [7, 11) is -0.594. The molecule has 0 saturated carbocycles. The molecule has 0 unspecified atom stereocenters. The molecular weight excluding hydrogens is 392 g/mol. The van der Waals surface area contributed by atoms with Crippen molar-refractivity contribution in [2.75, 3.05) is 27.3 Å². The zero-order chi connectivity index (χ0) is 21.2. The molecule has 0 radical (unpaired) electrons. The van der Waals surface area contributed by atoms with Gasteiger partial charge in [0.1, 0.15) is 13.2 Å². The third kappa shape index (κ3) is 4.54. The molecule has 1 heterocycles. The van der Waals surface area contributed by atoms with Crippen LogP contribution in [-0.2, 0) is 10.0 Å². The van der Waals surface area contributed by atoms with Crippen LogP contribution in [0.15, 0.2) is 47.4 Å². The molecule has 2 aromatic rings. The number of fused-ring (bicyclic) bond motifs is 1. The molecule has 0 aliphatic carbocycles. The van der Waals surface area contributed by atoms with Gasteiger partial charge >= 0.3 is 0 Å². The maximum atomic E-state index is 12.8. The molecule has 0 bridgehead atoms. The molecular formula is C21H26N2O5S. The second-order valence-corrected chi connectivity index (χ2v) is 9.56. The van der Waals surface area contributed by atoms with Crippen LogP contribution in [0.2, 0.25) is 0 Å². The maximum absolute atomic E-state index is 12.8. The molecule has 0 fully saturated rings. The van der Waals surface area contributed by atoms with Gasteiger partial charge in [-0.15, -0.1) is 0 Å². The molecule has 1 N–H and O–H groups in total. The highest BCUT2D eigenvalue weighted by atomic mass is 32.2. The number of nitrogens with zero attached hydrogens (tertiary/aromatic N) is 1. The Kier molecular flexibility index (Phi) is 6.14. The number of nitrogens with one attached hydrogen (secondary N) is 1. The highest BCUT2D eigenvalue weighted by molar-refractivity contribution is 7.89. The predicted molar refractivity (Wildman–Crippen MR) is 110 cm³/mol. The van der Waals surface area contributed by atoms with Gasteiger partial charge < -0.3 is 14.8 Å². The number of hydrogen-bond donors (Lipinski definition) is 1.